The quantitative estimate of drug-likeness (QED) is 0.823. The average molecular weight is 271 g/mol. The average Bonchev–Trinajstić information content (AvgIpc) is 2.36. The van der Waals surface area contributed by atoms with Crippen LogP contribution in [0.2, 0.25) is 5.02 Å². The van der Waals surface area contributed by atoms with Gasteiger partial charge in [-0.1, -0.05) is 29.8 Å². The van der Waals surface area contributed by atoms with E-state index in [0.717, 1.165) is 5.56 Å². The fraction of sp³-hybridized carbons (Fsp3) is 0.462. The molecule has 1 amide bonds. The Labute approximate surface area is 113 Å². The number of carbonyl (C=O) groups excluding carboxylic acids is 1. The van der Waals surface area contributed by atoms with Gasteiger partial charge in [-0.05, 0) is 25.6 Å². The number of aliphatic hydroxyl groups excluding tert-OH is 1. The van der Waals surface area contributed by atoms with Crippen molar-refractivity contribution in [1.29, 1.82) is 0 Å². The van der Waals surface area contributed by atoms with Gasteiger partial charge in [0.25, 0.3) is 0 Å². The number of hydrogen-bond donors (Lipinski definition) is 2. The van der Waals surface area contributed by atoms with E-state index in [1.54, 1.807) is 0 Å². The number of nitrogens with one attached hydrogen (secondary N) is 1. The van der Waals surface area contributed by atoms with Gasteiger partial charge in [-0.25, -0.2) is 0 Å². The number of halogens is 1. The SMILES string of the molecule is CC(c1ccccc1Cl)N(C)CC(=O)NCCO. The summed E-state index contributed by atoms with van der Waals surface area (Å²) in [7, 11) is 1.87. The van der Waals surface area contributed by atoms with Crippen LogP contribution in [0.4, 0.5) is 0 Å². The van der Waals surface area contributed by atoms with Crippen molar-refractivity contribution < 1.29 is 9.90 Å². The number of aliphatic hydroxyl groups is 1. The van der Waals surface area contributed by atoms with Gasteiger partial charge in [0.15, 0.2) is 0 Å². The van der Waals surface area contributed by atoms with Crippen LogP contribution in [0, 0.1) is 0 Å². The highest BCUT2D eigenvalue weighted by Gasteiger charge is 2.16. The van der Waals surface area contributed by atoms with E-state index in [-0.39, 0.29) is 31.6 Å². The maximum absolute atomic E-state index is 11.5. The van der Waals surface area contributed by atoms with Gasteiger partial charge >= 0.3 is 0 Å². The van der Waals surface area contributed by atoms with E-state index < -0.39 is 0 Å². The summed E-state index contributed by atoms with van der Waals surface area (Å²) >= 11 is 6.12. The minimum absolute atomic E-state index is 0.0461. The molecule has 0 spiro atoms. The lowest BCUT2D eigenvalue weighted by molar-refractivity contribution is -0.122. The van der Waals surface area contributed by atoms with Crippen molar-refractivity contribution in [1.82, 2.24) is 10.2 Å². The van der Waals surface area contributed by atoms with Crippen LogP contribution in [0.25, 0.3) is 0 Å². The van der Waals surface area contributed by atoms with Gasteiger partial charge in [-0.15, -0.1) is 0 Å². The fourth-order valence-electron chi connectivity index (χ4n) is 1.67. The molecule has 1 aromatic carbocycles. The van der Waals surface area contributed by atoms with Crippen LogP contribution in [-0.2, 0) is 4.79 Å². The van der Waals surface area contributed by atoms with E-state index in [2.05, 4.69) is 5.32 Å². The first-order chi connectivity index (χ1) is 8.56. The Bertz CT molecular complexity index is 398. The molecule has 4 nitrogen and oxygen atoms in total. The lowest BCUT2D eigenvalue weighted by Gasteiger charge is -2.25. The summed E-state index contributed by atoms with van der Waals surface area (Å²) in [5.41, 5.74) is 0.997. The molecule has 0 saturated heterocycles. The second-order valence-corrected chi connectivity index (χ2v) is 4.59. The Hall–Kier alpha value is -1.10. The first kappa shape index (κ1) is 15.0. The molecule has 1 aromatic rings. The van der Waals surface area contributed by atoms with Crippen LogP contribution in [0.3, 0.4) is 0 Å². The van der Waals surface area contributed by atoms with Crippen LogP contribution < -0.4 is 5.32 Å². The predicted molar refractivity (Wildman–Crippen MR) is 72.6 cm³/mol. The van der Waals surface area contributed by atoms with Gasteiger partial charge < -0.3 is 10.4 Å². The molecule has 1 unspecified atom stereocenters. The van der Waals surface area contributed by atoms with Gasteiger partial charge in [-0.3, -0.25) is 9.69 Å². The minimum Gasteiger partial charge on any atom is -0.395 e. The highest BCUT2D eigenvalue weighted by atomic mass is 35.5. The molecule has 0 aliphatic carbocycles. The minimum atomic E-state index is -0.106. The Morgan fingerprint density at radius 1 is 1.50 bits per heavy atom. The third-order valence-corrected chi connectivity index (χ3v) is 3.19. The number of rotatable bonds is 6. The number of hydrogen-bond acceptors (Lipinski definition) is 3. The third kappa shape index (κ3) is 4.29. The van der Waals surface area contributed by atoms with Crippen molar-refractivity contribution in [2.45, 2.75) is 13.0 Å². The van der Waals surface area contributed by atoms with E-state index in [1.807, 2.05) is 43.1 Å². The molecule has 100 valence electrons. The summed E-state index contributed by atoms with van der Waals surface area (Å²) in [6.45, 7) is 2.51. The lowest BCUT2D eigenvalue weighted by Crippen LogP contribution is -2.37. The van der Waals surface area contributed by atoms with Gasteiger partial charge in [0.2, 0.25) is 5.91 Å². The van der Waals surface area contributed by atoms with Crippen molar-refractivity contribution in [3.05, 3.63) is 34.9 Å². The molecule has 2 N–H and O–H groups in total. The van der Waals surface area contributed by atoms with E-state index in [1.165, 1.54) is 0 Å². The molecule has 1 atom stereocenters. The monoisotopic (exact) mass is 270 g/mol. The van der Waals surface area contributed by atoms with Gasteiger partial charge in [0, 0.05) is 17.6 Å². The van der Waals surface area contributed by atoms with Crippen molar-refractivity contribution >= 4 is 17.5 Å². The summed E-state index contributed by atoms with van der Waals surface area (Å²) < 4.78 is 0. The number of benzene rings is 1. The Kier molecular flexibility index (Phi) is 6.12. The molecule has 1 rings (SSSR count). The first-order valence-electron chi connectivity index (χ1n) is 5.88. The molecule has 0 heterocycles. The van der Waals surface area contributed by atoms with Gasteiger partial charge in [0.05, 0.1) is 13.2 Å². The van der Waals surface area contributed by atoms with Crippen LogP contribution in [0.1, 0.15) is 18.5 Å². The second-order valence-electron chi connectivity index (χ2n) is 4.19. The zero-order valence-electron chi connectivity index (χ0n) is 10.7. The molecule has 0 fully saturated rings. The van der Waals surface area contributed by atoms with Crippen molar-refractivity contribution in [3.8, 4) is 0 Å². The zero-order chi connectivity index (χ0) is 13.5. The molecule has 0 radical (unpaired) electrons. The molecule has 0 saturated carbocycles. The molecular formula is C13H19ClN2O2. The lowest BCUT2D eigenvalue weighted by atomic mass is 10.1. The van der Waals surface area contributed by atoms with Crippen molar-refractivity contribution in [2.75, 3.05) is 26.7 Å². The van der Waals surface area contributed by atoms with Gasteiger partial charge in [0.1, 0.15) is 0 Å². The summed E-state index contributed by atoms with van der Waals surface area (Å²) in [4.78, 5) is 13.4. The van der Waals surface area contributed by atoms with Gasteiger partial charge in [-0.2, -0.15) is 0 Å². The van der Waals surface area contributed by atoms with E-state index in [0.29, 0.717) is 5.02 Å². The normalized spacial score (nSPS) is 12.5. The topological polar surface area (TPSA) is 52.6 Å². The molecule has 0 bridgehead atoms. The number of likely N-dealkylation sites (N-methyl/N-ethyl adjacent to an activating group) is 1. The zero-order valence-corrected chi connectivity index (χ0v) is 11.4. The molecular weight excluding hydrogens is 252 g/mol. The maximum atomic E-state index is 11.5. The number of nitrogens with zero attached hydrogens (tertiary/aromatic N) is 1. The Balaban J connectivity index is 2.59. The summed E-state index contributed by atoms with van der Waals surface area (Å²) in [6.07, 6.45) is 0. The highest BCUT2D eigenvalue weighted by molar-refractivity contribution is 6.31. The second kappa shape index (κ2) is 7.36. The Morgan fingerprint density at radius 3 is 2.78 bits per heavy atom. The first-order valence-corrected chi connectivity index (χ1v) is 6.26. The highest BCUT2D eigenvalue weighted by Crippen LogP contribution is 2.25. The van der Waals surface area contributed by atoms with E-state index >= 15 is 0 Å². The molecule has 0 aliphatic rings. The fourth-order valence-corrected chi connectivity index (χ4v) is 1.96. The Morgan fingerprint density at radius 2 is 2.17 bits per heavy atom. The molecule has 0 aliphatic heterocycles. The van der Waals surface area contributed by atoms with E-state index in [9.17, 15) is 4.79 Å². The van der Waals surface area contributed by atoms with Crippen LogP contribution in [-0.4, -0.2) is 42.7 Å². The number of carbonyl (C=O) groups is 1. The predicted octanol–water partition coefficient (Wildman–Crippen LogP) is 1.44. The summed E-state index contributed by atoms with van der Waals surface area (Å²) in [6, 6.07) is 7.66. The molecule has 0 aromatic heterocycles. The maximum Gasteiger partial charge on any atom is 0.234 e. The standard InChI is InChI=1S/C13H19ClN2O2/c1-10(11-5-3-4-6-12(11)14)16(2)9-13(18)15-7-8-17/h3-6,10,17H,7-9H2,1-2H3,(H,15,18). The largest absolute Gasteiger partial charge is 0.395 e. The molecule has 5 heteroatoms. The molecule has 18 heavy (non-hydrogen) atoms. The summed E-state index contributed by atoms with van der Waals surface area (Å²) in [5, 5.41) is 11.9. The van der Waals surface area contributed by atoms with E-state index in [4.69, 9.17) is 16.7 Å². The van der Waals surface area contributed by atoms with Crippen LogP contribution >= 0.6 is 11.6 Å². The smallest absolute Gasteiger partial charge is 0.234 e. The van der Waals surface area contributed by atoms with Crippen molar-refractivity contribution in [3.63, 3.8) is 0 Å². The summed E-state index contributed by atoms with van der Waals surface area (Å²) in [5.74, 6) is -0.106. The number of amides is 1. The van der Waals surface area contributed by atoms with Crippen LogP contribution in [0.15, 0.2) is 24.3 Å². The van der Waals surface area contributed by atoms with Crippen LogP contribution in [0.5, 0.6) is 0 Å². The van der Waals surface area contributed by atoms with Crippen molar-refractivity contribution in [2.24, 2.45) is 0 Å². The third-order valence-electron chi connectivity index (χ3n) is 2.84.